The highest BCUT2D eigenvalue weighted by atomic mass is 32.1. The highest BCUT2D eigenvalue weighted by molar-refractivity contribution is 7.23. The molecular weight excluding hydrogens is 503 g/mol. The Balaban J connectivity index is 1.54. The van der Waals surface area contributed by atoms with Gasteiger partial charge in [-0.05, 0) is 67.1 Å². The van der Waals surface area contributed by atoms with Crippen molar-refractivity contribution in [1.82, 2.24) is 4.98 Å². The molecule has 1 amide bonds. The number of halogens is 1. The minimum atomic E-state index is -0.480. The summed E-state index contributed by atoms with van der Waals surface area (Å²) in [5, 5.41) is 17.6. The molecule has 5 rings (SSSR count). The lowest BCUT2D eigenvalue weighted by Gasteiger charge is -2.12. The summed E-state index contributed by atoms with van der Waals surface area (Å²) in [5.74, 6) is -0.143. The van der Waals surface area contributed by atoms with Crippen LogP contribution in [0, 0.1) is 15.9 Å². The SMILES string of the molecule is CCOc1ccc(/C=N/N(C(=O)c2cc3cc([N+](=O)[O-])ccc3s2)c2nc3ccc(F)cc3s2)cc1. The molecule has 0 saturated carbocycles. The Labute approximate surface area is 212 Å². The lowest BCUT2D eigenvalue weighted by molar-refractivity contribution is -0.384. The van der Waals surface area contributed by atoms with E-state index in [0.717, 1.165) is 32.4 Å². The van der Waals surface area contributed by atoms with E-state index in [2.05, 4.69) is 10.1 Å². The highest BCUT2D eigenvalue weighted by Crippen LogP contribution is 2.34. The molecule has 0 fully saturated rings. The van der Waals surface area contributed by atoms with Gasteiger partial charge in [-0.25, -0.2) is 9.37 Å². The molecule has 180 valence electrons. The maximum Gasteiger partial charge on any atom is 0.290 e. The first-order chi connectivity index (χ1) is 17.4. The summed E-state index contributed by atoms with van der Waals surface area (Å²) in [7, 11) is 0. The summed E-state index contributed by atoms with van der Waals surface area (Å²) in [4.78, 5) is 29.1. The second kappa shape index (κ2) is 9.80. The Morgan fingerprint density at radius 3 is 2.67 bits per heavy atom. The maximum atomic E-state index is 13.7. The van der Waals surface area contributed by atoms with E-state index in [1.165, 1.54) is 41.8 Å². The van der Waals surface area contributed by atoms with Gasteiger partial charge in [-0.3, -0.25) is 14.9 Å². The van der Waals surface area contributed by atoms with Crippen molar-refractivity contribution in [3.8, 4) is 5.75 Å². The first-order valence-corrected chi connectivity index (χ1v) is 12.4. The molecule has 0 bridgehead atoms. The van der Waals surface area contributed by atoms with E-state index in [9.17, 15) is 19.3 Å². The van der Waals surface area contributed by atoms with E-state index < -0.39 is 16.6 Å². The Hall–Kier alpha value is -4.22. The molecule has 0 aliphatic heterocycles. The van der Waals surface area contributed by atoms with Gasteiger partial charge in [0, 0.05) is 22.2 Å². The summed E-state index contributed by atoms with van der Waals surface area (Å²) in [6.07, 6.45) is 1.53. The van der Waals surface area contributed by atoms with E-state index in [-0.39, 0.29) is 10.8 Å². The van der Waals surface area contributed by atoms with Crippen molar-refractivity contribution in [3.05, 3.63) is 93.1 Å². The fraction of sp³-hybridized carbons (Fsp3) is 0.0800. The molecule has 0 aliphatic rings. The van der Waals surface area contributed by atoms with Gasteiger partial charge < -0.3 is 4.74 Å². The van der Waals surface area contributed by atoms with E-state index in [4.69, 9.17) is 4.74 Å². The molecule has 0 atom stereocenters. The summed E-state index contributed by atoms with van der Waals surface area (Å²) in [5.41, 5.74) is 1.21. The zero-order valence-electron chi connectivity index (χ0n) is 18.8. The van der Waals surface area contributed by atoms with Crippen LogP contribution < -0.4 is 9.75 Å². The van der Waals surface area contributed by atoms with E-state index in [1.54, 1.807) is 30.3 Å². The van der Waals surface area contributed by atoms with Gasteiger partial charge in [-0.1, -0.05) is 11.3 Å². The van der Waals surface area contributed by atoms with Gasteiger partial charge in [0.1, 0.15) is 11.6 Å². The molecule has 3 aromatic carbocycles. The summed E-state index contributed by atoms with van der Waals surface area (Å²) < 4.78 is 20.5. The smallest absolute Gasteiger partial charge is 0.290 e. The first kappa shape index (κ1) is 23.5. The number of anilines is 1. The van der Waals surface area contributed by atoms with Crippen molar-refractivity contribution in [3.63, 3.8) is 0 Å². The third kappa shape index (κ3) is 4.79. The van der Waals surface area contributed by atoms with Crippen LogP contribution in [0.4, 0.5) is 15.2 Å². The fourth-order valence-corrected chi connectivity index (χ4v) is 5.38. The van der Waals surface area contributed by atoms with Crippen LogP contribution in [0.3, 0.4) is 0 Å². The zero-order valence-corrected chi connectivity index (χ0v) is 20.4. The standard InChI is InChI=1S/C25H17FN4O4S2/c1-2-34-19-7-3-15(4-8-19)14-27-29(25-28-20-9-5-17(26)13-22(20)36-25)24(31)23-12-16-11-18(30(32)33)6-10-21(16)35-23/h3-14H,2H2,1H3/b27-14+. The number of benzene rings is 3. The number of hydrogen-bond acceptors (Lipinski definition) is 8. The van der Waals surface area contributed by atoms with Gasteiger partial charge in [0.05, 0.1) is 32.8 Å². The van der Waals surface area contributed by atoms with E-state index in [1.807, 2.05) is 19.1 Å². The number of ether oxygens (including phenoxy) is 1. The summed E-state index contributed by atoms with van der Waals surface area (Å²) in [6.45, 7) is 2.45. The van der Waals surface area contributed by atoms with Crippen molar-refractivity contribution in [1.29, 1.82) is 0 Å². The number of rotatable bonds is 7. The number of non-ortho nitro benzene ring substituents is 1. The number of aromatic nitrogens is 1. The molecule has 2 aromatic heterocycles. The van der Waals surface area contributed by atoms with Crippen molar-refractivity contribution in [2.24, 2.45) is 5.10 Å². The monoisotopic (exact) mass is 520 g/mol. The van der Waals surface area contributed by atoms with Gasteiger partial charge >= 0.3 is 0 Å². The van der Waals surface area contributed by atoms with E-state index in [0.29, 0.717) is 27.1 Å². The minimum absolute atomic E-state index is 0.0575. The number of fused-ring (bicyclic) bond motifs is 2. The predicted molar refractivity (Wildman–Crippen MR) is 140 cm³/mol. The molecule has 0 spiro atoms. The Morgan fingerprint density at radius 1 is 1.11 bits per heavy atom. The van der Waals surface area contributed by atoms with Crippen LogP contribution in [0.2, 0.25) is 0 Å². The molecular formula is C25H17FN4O4S2. The Kier molecular flexibility index (Phi) is 6.40. The fourth-order valence-electron chi connectivity index (χ4n) is 3.46. The van der Waals surface area contributed by atoms with Crippen LogP contribution in [0.25, 0.3) is 20.3 Å². The zero-order chi connectivity index (χ0) is 25.2. The number of thiazole rings is 1. The van der Waals surface area contributed by atoms with Crippen LogP contribution in [-0.2, 0) is 0 Å². The van der Waals surface area contributed by atoms with Crippen molar-refractivity contribution in [2.75, 3.05) is 11.6 Å². The Morgan fingerprint density at radius 2 is 1.92 bits per heavy atom. The molecule has 0 unspecified atom stereocenters. The van der Waals surface area contributed by atoms with Crippen LogP contribution in [-0.4, -0.2) is 28.6 Å². The molecule has 0 radical (unpaired) electrons. The second-order valence-corrected chi connectivity index (χ2v) is 9.65. The normalized spacial score (nSPS) is 11.4. The van der Waals surface area contributed by atoms with Crippen molar-refractivity contribution in [2.45, 2.75) is 6.92 Å². The number of hydrogen-bond donors (Lipinski definition) is 0. The third-order valence-corrected chi connectivity index (χ3v) is 7.25. The van der Waals surface area contributed by atoms with Gasteiger partial charge in [-0.15, -0.1) is 11.3 Å². The van der Waals surface area contributed by atoms with Crippen LogP contribution in [0.15, 0.2) is 71.8 Å². The first-order valence-electron chi connectivity index (χ1n) is 10.8. The topological polar surface area (TPSA) is 97.9 Å². The molecule has 0 N–H and O–H groups in total. The van der Waals surface area contributed by atoms with Crippen molar-refractivity contribution >= 4 is 65.9 Å². The lowest BCUT2D eigenvalue weighted by atomic mass is 10.2. The number of hydrazone groups is 1. The van der Waals surface area contributed by atoms with Crippen LogP contribution >= 0.6 is 22.7 Å². The maximum absolute atomic E-state index is 13.7. The molecule has 2 heterocycles. The van der Waals surface area contributed by atoms with E-state index >= 15 is 0 Å². The minimum Gasteiger partial charge on any atom is -0.494 e. The van der Waals surface area contributed by atoms with Crippen LogP contribution in [0.5, 0.6) is 5.75 Å². The number of thiophene rings is 1. The van der Waals surface area contributed by atoms with Gasteiger partial charge in [0.2, 0.25) is 5.13 Å². The lowest BCUT2D eigenvalue weighted by Crippen LogP contribution is -2.24. The molecule has 36 heavy (non-hydrogen) atoms. The van der Waals surface area contributed by atoms with Crippen molar-refractivity contribution < 1.29 is 18.8 Å². The molecule has 11 heteroatoms. The number of carbonyl (C=O) groups excluding carboxylic acids is 1. The molecule has 0 saturated heterocycles. The summed E-state index contributed by atoms with van der Waals surface area (Å²) >= 11 is 2.34. The number of nitrogens with zero attached hydrogens (tertiary/aromatic N) is 4. The Bertz CT molecular complexity index is 1630. The number of nitro groups is 1. The molecule has 0 aliphatic carbocycles. The largest absolute Gasteiger partial charge is 0.494 e. The van der Waals surface area contributed by atoms with Gasteiger partial charge in [0.15, 0.2) is 0 Å². The number of amides is 1. The molecule has 8 nitrogen and oxygen atoms in total. The highest BCUT2D eigenvalue weighted by Gasteiger charge is 2.23. The number of nitro benzene ring substituents is 1. The van der Waals surface area contributed by atoms with Gasteiger partial charge in [0.25, 0.3) is 11.6 Å². The average Bonchev–Trinajstić information content (AvgIpc) is 3.48. The average molecular weight is 521 g/mol. The summed E-state index contributed by atoms with van der Waals surface area (Å²) in [6, 6.07) is 17.5. The predicted octanol–water partition coefficient (Wildman–Crippen LogP) is 6.64. The molecule has 5 aromatic rings. The second-order valence-electron chi connectivity index (χ2n) is 7.56. The van der Waals surface area contributed by atoms with Crippen LogP contribution in [0.1, 0.15) is 22.2 Å². The number of carbonyl (C=O) groups is 1. The third-order valence-electron chi connectivity index (χ3n) is 5.15. The van der Waals surface area contributed by atoms with Gasteiger partial charge in [-0.2, -0.15) is 10.1 Å². The quantitative estimate of drug-likeness (QED) is 0.136.